The number of hydrogen-bond acceptors (Lipinski definition) is 2. The SMILES string of the molecule is CC1NC(C(=O)O)Cc2c1[nH]c1ccc(Br)cc21. The van der Waals surface area contributed by atoms with Gasteiger partial charge in [0.05, 0.1) is 0 Å². The number of carbonyl (C=O) groups is 1. The number of benzene rings is 1. The van der Waals surface area contributed by atoms with Gasteiger partial charge >= 0.3 is 5.97 Å². The number of aliphatic carboxylic acids is 1. The number of halogens is 1. The van der Waals surface area contributed by atoms with Gasteiger partial charge in [-0.25, -0.2) is 0 Å². The Balaban J connectivity index is 2.18. The molecule has 2 atom stereocenters. The second-order valence-electron chi connectivity index (χ2n) is 4.69. The average molecular weight is 309 g/mol. The number of hydrogen-bond donors (Lipinski definition) is 3. The molecule has 0 amide bonds. The molecule has 0 saturated heterocycles. The maximum atomic E-state index is 11.2. The number of aromatic nitrogens is 1. The first-order valence-electron chi connectivity index (χ1n) is 5.85. The van der Waals surface area contributed by atoms with E-state index in [1.807, 2.05) is 25.1 Å². The minimum atomic E-state index is -0.795. The van der Waals surface area contributed by atoms with Crippen LogP contribution in [0, 0.1) is 0 Å². The van der Waals surface area contributed by atoms with Crippen molar-refractivity contribution in [1.29, 1.82) is 0 Å². The number of nitrogens with one attached hydrogen (secondary N) is 2. The molecule has 18 heavy (non-hydrogen) atoms. The Kier molecular flexibility index (Phi) is 2.68. The molecular formula is C13H13BrN2O2. The first-order chi connectivity index (χ1) is 8.56. The highest BCUT2D eigenvalue weighted by molar-refractivity contribution is 9.10. The van der Waals surface area contributed by atoms with Crippen molar-refractivity contribution in [2.24, 2.45) is 0 Å². The molecule has 0 spiro atoms. The molecule has 2 heterocycles. The molecule has 0 fully saturated rings. The van der Waals surface area contributed by atoms with Crippen molar-refractivity contribution in [2.45, 2.75) is 25.4 Å². The van der Waals surface area contributed by atoms with Gasteiger partial charge < -0.3 is 10.1 Å². The predicted molar refractivity (Wildman–Crippen MR) is 72.7 cm³/mol. The normalized spacial score (nSPS) is 23.0. The van der Waals surface area contributed by atoms with Crippen molar-refractivity contribution < 1.29 is 9.90 Å². The maximum absolute atomic E-state index is 11.2. The van der Waals surface area contributed by atoms with Crippen molar-refractivity contribution in [3.05, 3.63) is 33.9 Å². The van der Waals surface area contributed by atoms with Crippen LogP contribution in [0.1, 0.15) is 24.2 Å². The highest BCUT2D eigenvalue weighted by atomic mass is 79.9. The van der Waals surface area contributed by atoms with Crippen LogP contribution in [0.15, 0.2) is 22.7 Å². The fraction of sp³-hybridized carbons (Fsp3) is 0.308. The van der Waals surface area contributed by atoms with E-state index in [9.17, 15) is 4.79 Å². The van der Waals surface area contributed by atoms with E-state index in [1.165, 1.54) is 0 Å². The Bertz CT molecular complexity index is 635. The molecular weight excluding hydrogens is 296 g/mol. The Morgan fingerprint density at radius 1 is 1.50 bits per heavy atom. The number of fused-ring (bicyclic) bond motifs is 3. The van der Waals surface area contributed by atoms with E-state index in [-0.39, 0.29) is 6.04 Å². The molecule has 1 aliphatic heterocycles. The zero-order valence-electron chi connectivity index (χ0n) is 9.83. The third kappa shape index (κ3) is 1.74. The van der Waals surface area contributed by atoms with Crippen LogP contribution >= 0.6 is 15.9 Å². The molecule has 0 radical (unpaired) electrons. The van der Waals surface area contributed by atoms with E-state index < -0.39 is 12.0 Å². The van der Waals surface area contributed by atoms with Crippen molar-refractivity contribution in [2.75, 3.05) is 0 Å². The van der Waals surface area contributed by atoms with Crippen molar-refractivity contribution >= 4 is 32.8 Å². The van der Waals surface area contributed by atoms with Gasteiger partial charge in [-0.1, -0.05) is 15.9 Å². The molecule has 2 unspecified atom stereocenters. The highest BCUT2D eigenvalue weighted by Gasteiger charge is 2.30. The largest absolute Gasteiger partial charge is 0.480 e. The molecule has 0 saturated carbocycles. The summed E-state index contributed by atoms with van der Waals surface area (Å²) in [4.78, 5) is 14.5. The van der Waals surface area contributed by atoms with Gasteiger partial charge in [0.25, 0.3) is 0 Å². The fourth-order valence-corrected chi connectivity index (χ4v) is 3.00. The van der Waals surface area contributed by atoms with Gasteiger partial charge in [0.1, 0.15) is 6.04 Å². The predicted octanol–water partition coefficient (Wildman–Crippen LogP) is 2.59. The minimum Gasteiger partial charge on any atom is -0.480 e. The van der Waals surface area contributed by atoms with E-state index in [1.54, 1.807) is 0 Å². The lowest BCUT2D eigenvalue weighted by Crippen LogP contribution is -2.43. The van der Waals surface area contributed by atoms with Crippen LogP contribution in [0.25, 0.3) is 10.9 Å². The van der Waals surface area contributed by atoms with Gasteiger partial charge in [-0.15, -0.1) is 0 Å². The molecule has 5 heteroatoms. The van der Waals surface area contributed by atoms with Crippen LogP contribution in [-0.4, -0.2) is 22.1 Å². The summed E-state index contributed by atoms with van der Waals surface area (Å²) in [6, 6.07) is 5.56. The first-order valence-corrected chi connectivity index (χ1v) is 6.64. The van der Waals surface area contributed by atoms with Crippen LogP contribution < -0.4 is 5.32 Å². The smallest absolute Gasteiger partial charge is 0.321 e. The van der Waals surface area contributed by atoms with Crippen molar-refractivity contribution in [1.82, 2.24) is 10.3 Å². The molecule has 1 aromatic carbocycles. The second-order valence-corrected chi connectivity index (χ2v) is 5.61. The first kappa shape index (κ1) is 11.7. The van der Waals surface area contributed by atoms with E-state index in [4.69, 9.17) is 5.11 Å². The lowest BCUT2D eigenvalue weighted by atomic mass is 9.95. The summed E-state index contributed by atoms with van der Waals surface area (Å²) < 4.78 is 1.01. The molecule has 2 aromatic rings. The summed E-state index contributed by atoms with van der Waals surface area (Å²) in [5.74, 6) is -0.795. The monoisotopic (exact) mass is 308 g/mol. The van der Waals surface area contributed by atoms with Gasteiger partial charge in [-0.2, -0.15) is 0 Å². The Labute approximate surface area is 113 Å². The van der Waals surface area contributed by atoms with Gasteiger partial charge in [0.15, 0.2) is 0 Å². The quantitative estimate of drug-likeness (QED) is 0.758. The number of carboxylic acids is 1. The summed E-state index contributed by atoms with van der Waals surface area (Å²) in [5, 5.41) is 13.4. The summed E-state index contributed by atoms with van der Waals surface area (Å²) in [5.41, 5.74) is 3.27. The fourth-order valence-electron chi connectivity index (χ4n) is 2.64. The number of aromatic amines is 1. The van der Waals surface area contributed by atoms with E-state index >= 15 is 0 Å². The van der Waals surface area contributed by atoms with Crippen LogP contribution in [0.3, 0.4) is 0 Å². The molecule has 3 N–H and O–H groups in total. The van der Waals surface area contributed by atoms with Crippen LogP contribution in [0.2, 0.25) is 0 Å². The Morgan fingerprint density at radius 3 is 3.00 bits per heavy atom. The third-order valence-corrected chi connectivity index (χ3v) is 3.98. The lowest BCUT2D eigenvalue weighted by Gasteiger charge is -2.26. The second kappa shape index (κ2) is 4.10. The molecule has 0 bridgehead atoms. The highest BCUT2D eigenvalue weighted by Crippen LogP contribution is 2.33. The minimum absolute atomic E-state index is 0.0287. The zero-order valence-corrected chi connectivity index (χ0v) is 11.4. The molecule has 0 aliphatic carbocycles. The topological polar surface area (TPSA) is 65.1 Å². The Hall–Kier alpha value is -1.33. The number of carboxylic acid groups (broad SMARTS) is 1. The van der Waals surface area contributed by atoms with Crippen molar-refractivity contribution in [3.8, 4) is 0 Å². The summed E-state index contributed by atoms with van der Waals surface area (Å²) in [6.45, 7) is 1.98. The summed E-state index contributed by atoms with van der Waals surface area (Å²) >= 11 is 3.46. The van der Waals surface area contributed by atoms with E-state index in [2.05, 4.69) is 26.2 Å². The van der Waals surface area contributed by atoms with Crippen LogP contribution in [-0.2, 0) is 11.2 Å². The molecule has 4 nitrogen and oxygen atoms in total. The molecule has 94 valence electrons. The number of H-pyrrole nitrogens is 1. The van der Waals surface area contributed by atoms with Gasteiger partial charge in [-0.05, 0) is 30.7 Å². The number of rotatable bonds is 1. The third-order valence-electron chi connectivity index (χ3n) is 3.49. The maximum Gasteiger partial charge on any atom is 0.321 e. The van der Waals surface area contributed by atoms with Crippen molar-refractivity contribution in [3.63, 3.8) is 0 Å². The van der Waals surface area contributed by atoms with Gasteiger partial charge in [-0.3, -0.25) is 10.1 Å². The van der Waals surface area contributed by atoms with Crippen LogP contribution in [0.5, 0.6) is 0 Å². The zero-order chi connectivity index (χ0) is 12.9. The standard InChI is InChI=1S/C13H13BrN2O2/c1-6-12-9(5-11(15-6)13(17)18)8-4-7(14)2-3-10(8)16-12/h2-4,6,11,15-16H,5H2,1H3,(H,17,18). The average Bonchev–Trinajstić information content (AvgIpc) is 2.68. The van der Waals surface area contributed by atoms with E-state index in [0.29, 0.717) is 6.42 Å². The lowest BCUT2D eigenvalue weighted by molar-refractivity contribution is -0.139. The molecule has 1 aromatic heterocycles. The van der Waals surface area contributed by atoms with E-state index in [0.717, 1.165) is 26.6 Å². The molecule has 1 aliphatic rings. The Morgan fingerprint density at radius 2 is 2.28 bits per heavy atom. The van der Waals surface area contributed by atoms with Crippen LogP contribution in [0.4, 0.5) is 0 Å². The summed E-state index contributed by atoms with van der Waals surface area (Å²) in [6.07, 6.45) is 0.519. The van der Waals surface area contributed by atoms with Gasteiger partial charge in [0.2, 0.25) is 0 Å². The molecule has 3 rings (SSSR count). The summed E-state index contributed by atoms with van der Waals surface area (Å²) in [7, 11) is 0. The van der Waals surface area contributed by atoms with Gasteiger partial charge in [0, 0.05) is 33.5 Å².